The third-order valence-corrected chi connectivity index (χ3v) is 2.81. The molecule has 2 heterocycles. The fourth-order valence-corrected chi connectivity index (χ4v) is 1.78. The van der Waals surface area contributed by atoms with Crippen LogP contribution in [0.5, 0.6) is 0 Å². The average molecular weight is 245 g/mol. The topological polar surface area (TPSA) is 38.9 Å². The summed E-state index contributed by atoms with van der Waals surface area (Å²) in [6, 6.07) is 9.76. The summed E-state index contributed by atoms with van der Waals surface area (Å²) in [6.07, 6.45) is 3.42. The minimum Gasteiger partial charge on any atom is -0.453 e. The smallest absolute Gasteiger partial charge is 0.195 e. The van der Waals surface area contributed by atoms with Gasteiger partial charge in [0.15, 0.2) is 11.6 Å². The first-order chi connectivity index (χ1) is 8.36. The summed E-state index contributed by atoms with van der Waals surface area (Å²) in [5.41, 5.74) is 1.74. The number of aromatic nitrogens is 2. The van der Waals surface area contributed by atoms with Crippen LogP contribution in [0.1, 0.15) is 5.56 Å². The van der Waals surface area contributed by atoms with E-state index in [1.54, 1.807) is 12.4 Å². The summed E-state index contributed by atoms with van der Waals surface area (Å²) in [4.78, 5) is 8.45. The SMILES string of the molecule is ClCc1cnc(-c2cc3ccccc3o2)nc1. The van der Waals surface area contributed by atoms with Crippen molar-refractivity contribution in [3.63, 3.8) is 0 Å². The lowest BCUT2D eigenvalue weighted by atomic mass is 10.2. The van der Waals surface area contributed by atoms with E-state index in [4.69, 9.17) is 16.0 Å². The number of hydrogen-bond donors (Lipinski definition) is 0. The van der Waals surface area contributed by atoms with Crippen molar-refractivity contribution in [3.8, 4) is 11.6 Å². The summed E-state index contributed by atoms with van der Waals surface area (Å²) in [7, 11) is 0. The third kappa shape index (κ3) is 1.89. The van der Waals surface area contributed by atoms with E-state index in [1.165, 1.54) is 0 Å². The summed E-state index contributed by atoms with van der Waals surface area (Å²) in [5, 5.41) is 1.05. The van der Waals surface area contributed by atoms with E-state index in [9.17, 15) is 0 Å². The van der Waals surface area contributed by atoms with Gasteiger partial charge < -0.3 is 4.42 Å². The van der Waals surface area contributed by atoms with Crippen LogP contribution in [0, 0.1) is 0 Å². The first kappa shape index (κ1) is 10.3. The van der Waals surface area contributed by atoms with Gasteiger partial charge in [-0.15, -0.1) is 11.6 Å². The van der Waals surface area contributed by atoms with Crippen molar-refractivity contribution in [2.45, 2.75) is 5.88 Å². The fraction of sp³-hybridized carbons (Fsp3) is 0.0769. The molecule has 0 N–H and O–H groups in total. The Morgan fingerprint density at radius 2 is 1.88 bits per heavy atom. The minimum absolute atomic E-state index is 0.417. The molecule has 0 radical (unpaired) electrons. The molecule has 0 spiro atoms. The van der Waals surface area contributed by atoms with Crippen LogP contribution in [0.4, 0.5) is 0 Å². The number of hydrogen-bond acceptors (Lipinski definition) is 3. The Balaban J connectivity index is 2.07. The van der Waals surface area contributed by atoms with E-state index in [-0.39, 0.29) is 0 Å². The zero-order valence-corrected chi connectivity index (χ0v) is 9.69. The quantitative estimate of drug-likeness (QED) is 0.646. The van der Waals surface area contributed by atoms with Crippen LogP contribution < -0.4 is 0 Å². The predicted molar refractivity (Wildman–Crippen MR) is 66.8 cm³/mol. The maximum absolute atomic E-state index is 5.69. The molecule has 17 heavy (non-hydrogen) atoms. The van der Waals surface area contributed by atoms with E-state index in [0.29, 0.717) is 17.5 Å². The molecule has 2 aromatic heterocycles. The highest BCUT2D eigenvalue weighted by molar-refractivity contribution is 6.17. The summed E-state index contributed by atoms with van der Waals surface area (Å²) in [5.74, 6) is 1.67. The van der Waals surface area contributed by atoms with Gasteiger partial charge in [0.2, 0.25) is 0 Å². The second kappa shape index (κ2) is 4.18. The molecule has 0 unspecified atom stereocenters. The van der Waals surface area contributed by atoms with E-state index >= 15 is 0 Å². The summed E-state index contributed by atoms with van der Waals surface area (Å²) < 4.78 is 5.67. The first-order valence-electron chi connectivity index (χ1n) is 5.22. The lowest BCUT2D eigenvalue weighted by Crippen LogP contribution is -1.88. The molecule has 4 heteroatoms. The Morgan fingerprint density at radius 1 is 1.12 bits per heavy atom. The molecule has 1 aromatic carbocycles. The second-order valence-corrected chi connectivity index (χ2v) is 3.96. The number of furan rings is 1. The molecule has 0 saturated carbocycles. The van der Waals surface area contributed by atoms with Crippen molar-refractivity contribution in [2.24, 2.45) is 0 Å². The van der Waals surface area contributed by atoms with Gasteiger partial charge in [0.1, 0.15) is 5.58 Å². The van der Waals surface area contributed by atoms with Gasteiger partial charge in [-0.1, -0.05) is 18.2 Å². The van der Waals surface area contributed by atoms with E-state index in [0.717, 1.165) is 16.5 Å². The minimum atomic E-state index is 0.417. The molecule has 3 rings (SSSR count). The normalized spacial score (nSPS) is 10.9. The molecule has 3 nitrogen and oxygen atoms in total. The van der Waals surface area contributed by atoms with Gasteiger partial charge in [-0.25, -0.2) is 9.97 Å². The molecule has 0 bridgehead atoms. The zero-order valence-electron chi connectivity index (χ0n) is 8.93. The molecule has 0 aliphatic carbocycles. The molecular formula is C13H9ClN2O. The number of nitrogens with zero attached hydrogens (tertiary/aromatic N) is 2. The van der Waals surface area contributed by atoms with Crippen LogP contribution in [0.2, 0.25) is 0 Å². The van der Waals surface area contributed by atoms with Crippen molar-refractivity contribution < 1.29 is 4.42 Å². The number of benzene rings is 1. The number of para-hydroxylation sites is 1. The largest absolute Gasteiger partial charge is 0.453 e. The molecule has 84 valence electrons. The Kier molecular flexibility index (Phi) is 2.53. The Bertz CT molecular complexity index is 613. The molecule has 0 amide bonds. The number of rotatable bonds is 2. The molecule has 0 saturated heterocycles. The number of alkyl halides is 1. The molecule has 0 aliphatic rings. The van der Waals surface area contributed by atoms with Crippen molar-refractivity contribution in [2.75, 3.05) is 0 Å². The van der Waals surface area contributed by atoms with Crippen molar-refractivity contribution in [1.82, 2.24) is 9.97 Å². The Morgan fingerprint density at radius 3 is 2.59 bits per heavy atom. The maximum Gasteiger partial charge on any atom is 0.195 e. The van der Waals surface area contributed by atoms with Crippen molar-refractivity contribution in [3.05, 3.63) is 48.3 Å². The van der Waals surface area contributed by atoms with Crippen LogP contribution >= 0.6 is 11.6 Å². The zero-order chi connectivity index (χ0) is 11.7. The average Bonchev–Trinajstić information content (AvgIpc) is 2.82. The van der Waals surface area contributed by atoms with Crippen LogP contribution in [0.15, 0.2) is 47.1 Å². The van der Waals surface area contributed by atoms with Crippen molar-refractivity contribution in [1.29, 1.82) is 0 Å². The molecule has 0 fully saturated rings. The van der Waals surface area contributed by atoms with Gasteiger partial charge in [-0.3, -0.25) is 0 Å². The molecule has 0 aliphatic heterocycles. The van der Waals surface area contributed by atoms with Gasteiger partial charge >= 0.3 is 0 Å². The van der Waals surface area contributed by atoms with Gasteiger partial charge in [0, 0.05) is 23.3 Å². The number of halogens is 1. The van der Waals surface area contributed by atoms with E-state index < -0.39 is 0 Å². The van der Waals surface area contributed by atoms with Gasteiger partial charge in [-0.2, -0.15) is 0 Å². The van der Waals surface area contributed by atoms with E-state index in [1.807, 2.05) is 30.3 Å². The third-order valence-electron chi connectivity index (χ3n) is 2.51. The fourth-order valence-electron chi connectivity index (χ4n) is 1.64. The Labute approximate surface area is 103 Å². The maximum atomic E-state index is 5.69. The van der Waals surface area contributed by atoms with Gasteiger partial charge in [0.05, 0.1) is 5.88 Å². The predicted octanol–water partition coefficient (Wildman–Crippen LogP) is 3.63. The molecule has 0 atom stereocenters. The summed E-state index contributed by atoms with van der Waals surface area (Å²) in [6.45, 7) is 0. The van der Waals surface area contributed by atoms with Gasteiger partial charge in [-0.05, 0) is 12.1 Å². The summed E-state index contributed by atoms with van der Waals surface area (Å²) >= 11 is 5.69. The van der Waals surface area contributed by atoms with Crippen molar-refractivity contribution >= 4 is 22.6 Å². The van der Waals surface area contributed by atoms with Crippen LogP contribution in [-0.2, 0) is 5.88 Å². The monoisotopic (exact) mass is 244 g/mol. The highest BCUT2D eigenvalue weighted by atomic mass is 35.5. The molecular weight excluding hydrogens is 236 g/mol. The highest BCUT2D eigenvalue weighted by Crippen LogP contribution is 2.24. The van der Waals surface area contributed by atoms with Crippen LogP contribution in [-0.4, -0.2) is 9.97 Å². The standard InChI is InChI=1S/C13H9ClN2O/c14-6-9-7-15-13(16-8-9)12-5-10-3-1-2-4-11(10)17-12/h1-5,7-8H,6H2. The van der Waals surface area contributed by atoms with Gasteiger partial charge in [0.25, 0.3) is 0 Å². The highest BCUT2D eigenvalue weighted by Gasteiger charge is 2.07. The molecule has 3 aromatic rings. The van der Waals surface area contributed by atoms with E-state index in [2.05, 4.69) is 9.97 Å². The Hall–Kier alpha value is -1.87. The van der Waals surface area contributed by atoms with Crippen LogP contribution in [0.25, 0.3) is 22.6 Å². The lowest BCUT2D eigenvalue weighted by molar-refractivity contribution is 0.625. The lowest BCUT2D eigenvalue weighted by Gasteiger charge is -1.96. The second-order valence-electron chi connectivity index (χ2n) is 3.70. The first-order valence-corrected chi connectivity index (χ1v) is 5.76. The number of fused-ring (bicyclic) bond motifs is 1. The van der Waals surface area contributed by atoms with Crippen LogP contribution in [0.3, 0.4) is 0 Å².